The minimum atomic E-state index is 0.0456. The normalized spacial score (nSPS) is 23.6. The van der Waals surface area contributed by atoms with E-state index in [1.807, 2.05) is 10.8 Å². The molecule has 3 N–H and O–H groups in total. The van der Waals surface area contributed by atoms with Crippen LogP contribution in [0.2, 0.25) is 0 Å². The molecule has 2 unspecified atom stereocenters. The first-order valence-corrected chi connectivity index (χ1v) is 6.64. The number of amides is 1. The maximum Gasteiger partial charge on any atom is 0.229 e. The number of rotatable bonds is 4. The molecule has 1 aliphatic rings. The van der Waals surface area contributed by atoms with E-state index >= 15 is 0 Å². The minimum Gasteiger partial charge on any atom is -0.328 e. The third-order valence-corrected chi connectivity index (χ3v) is 3.36. The summed E-state index contributed by atoms with van der Waals surface area (Å²) >= 11 is 0. The molecular formula is C13H22N4O. The minimum absolute atomic E-state index is 0.0456. The molecular weight excluding hydrogens is 228 g/mol. The van der Waals surface area contributed by atoms with E-state index in [2.05, 4.69) is 24.1 Å². The van der Waals surface area contributed by atoms with E-state index in [-0.39, 0.29) is 17.9 Å². The zero-order valence-corrected chi connectivity index (χ0v) is 11.1. The second-order valence-electron chi connectivity index (χ2n) is 5.56. The van der Waals surface area contributed by atoms with Gasteiger partial charge in [0.1, 0.15) is 0 Å². The van der Waals surface area contributed by atoms with Crippen LogP contribution in [-0.2, 0) is 11.3 Å². The average Bonchev–Trinajstić information content (AvgIpc) is 2.88. The fourth-order valence-electron chi connectivity index (χ4n) is 2.44. The number of aromatic nitrogens is 2. The van der Waals surface area contributed by atoms with Gasteiger partial charge in [0.15, 0.2) is 0 Å². The van der Waals surface area contributed by atoms with Crippen LogP contribution in [0.4, 0.5) is 5.95 Å². The second kappa shape index (κ2) is 5.52. The van der Waals surface area contributed by atoms with E-state index in [0.717, 1.165) is 25.8 Å². The van der Waals surface area contributed by atoms with Gasteiger partial charge in [-0.1, -0.05) is 13.8 Å². The molecule has 1 saturated carbocycles. The van der Waals surface area contributed by atoms with Gasteiger partial charge in [-0.2, -0.15) is 0 Å². The van der Waals surface area contributed by atoms with Gasteiger partial charge in [0.25, 0.3) is 0 Å². The maximum absolute atomic E-state index is 12.1. The Morgan fingerprint density at radius 2 is 2.39 bits per heavy atom. The molecule has 100 valence electrons. The summed E-state index contributed by atoms with van der Waals surface area (Å²) in [5, 5.41) is 2.92. The number of anilines is 1. The Morgan fingerprint density at radius 3 is 3.00 bits per heavy atom. The van der Waals surface area contributed by atoms with Crippen molar-refractivity contribution in [2.45, 2.75) is 45.7 Å². The molecule has 1 aromatic rings. The first-order chi connectivity index (χ1) is 8.56. The van der Waals surface area contributed by atoms with Gasteiger partial charge in [-0.3, -0.25) is 10.1 Å². The van der Waals surface area contributed by atoms with E-state index < -0.39 is 0 Å². The van der Waals surface area contributed by atoms with E-state index in [1.54, 1.807) is 6.20 Å². The van der Waals surface area contributed by atoms with Crippen molar-refractivity contribution in [3.63, 3.8) is 0 Å². The van der Waals surface area contributed by atoms with Crippen molar-refractivity contribution in [3.05, 3.63) is 12.4 Å². The number of nitrogens with one attached hydrogen (secondary N) is 1. The molecule has 5 nitrogen and oxygen atoms in total. The monoisotopic (exact) mass is 250 g/mol. The molecule has 0 bridgehead atoms. The molecule has 18 heavy (non-hydrogen) atoms. The highest BCUT2D eigenvalue weighted by Crippen LogP contribution is 2.25. The van der Waals surface area contributed by atoms with Crippen molar-refractivity contribution in [2.75, 3.05) is 5.32 Å². The Hall–Kier alpha value is -1.36. The summed E-state index contributed by atoms with van der Waals surface area (Å²) in [7, 11) is 0. The lowest BCUT2D eigenvalue weighted by molar-refractivity contribution is -0.119. The number of carbonyl (C=O) groups excluding carboxylic acids is 1. The first kappa shape index (κ1) is 13.1. The van der Waals surface area contributed by atoms with E-state index in [1.165, 1.54) is 0 Å². The van der Waals surface area contributed by atoms with Gasteiger partial charge in [0.2, 0.25) is 11.9 Å². The summed E-state index contributed by atoms with van der Waals surface area (Å²) in [6.07, 6.45) is 6.24. The molecule has 0 saturated heterocycles. The van der Waals surface area contributed by atoms with E-state index in [0.29, 0.717) is 11.9 Å². The van der Waals surface area contributed by atoms with Crippen molar-refractivity contribution in [1.29, 1.82) is 0 Å². The summed E-state index contributed by atoms with van der Waals surface area (Å²) in [4.78, 5) is 16.3. The Labute approximate surface area is 108 Å². The summed E-state index contributed by atoms with van der Waals surface area (Å²) in [6.45, 7) is 5.14. The fourth-order valence-corrected chi connectivity index (χ4v) is 2.44. The largest absolute Gasteiger partial charge is 0.328 e. The van der Waals surface area contributed by atoms with Crippen LogP contribution in [-0.4, -0.2) is 21.5 Å². The van der Waals surface area contributed by atoms with Crippen molar-refractivity contribution < 1.29 is 4.79 Å². The van der Waals surface area contributed by atoms with Crippen LogP contribution in [0, 0.1) is 11.8 Å². The van der Waals surface area contributed by atoms with Crippen LogP contribution in [0.1, 0.15) is 33.1 Å². The Balaban J connectivity index is 1.96. The molecule has 1 fully saturated rings. The highest BCUT2D eigenvalue weighted by Gasteiger charge is 2.28. The van der Waals surface area contributed by atoms with Crippen LogP contribution in [0.3, 0.4) is 0 Å². The van der Waals surface area contributed by atoms with E-state index in [9.17, 15) is 4.79 Å². The van der Waals surface area contributed by atoms with Gasteiger partial charge in [0, 0.05) is 30.9 Å². The number of hydrogen-bond donors (Lipinski definition) is 2. The third-order valence-electron chi connectivity index (χ3n) is 3.36. The van der Waals surface area contributed by atoms with Crippen molar-refractivity contribution in [2.24, 2.45) is 17.6 Å². The highest BCUT2D eigenvalue weighted by atomic mass is 16.2. The molecule has 1 aliphatic carbocycles. The van der Waals surface area contributed by atoms with Crippen molar-refractivity contribution in [1.82, 2.24) is 9.55 Å². The van der Waals surface area contributed by atoms with Gasteiger partial charge in [-0.15, -0.1) is 0 Å². The molecule has 5 heteroatoms. The topological polar surface area (TPSA) is 72.9 Å². The van der Waals surface area contributed by atoms with Crippen LogP contribution in [0.25, 0.3) is 0 Å². The molecule has 1 amide bonds. The number of hydrogen-bond acceptors (Lipinski definition) is 3. The fraction of sp³-hybridized carbons (Fsp3) is 0.692. The molecule has 0 aromatic carbocycles. The van der Waals surface area contributed by atoms with Crippen molar-refractivity contribution >= 4 is 11.9 Å². The smallest absolute Gasteiger partial charge is 0.229 e. The predicted octanol–water partition coefficient (Wildman–Crippen LogP) is 1.60. The SMILES string of the molecule is CC(C)Cn1ccnc1NC(=O)C1CCC(N)C1. The molecule has 1 aromatic heterocycles. The number of nitrogens with zero attached hydrogens (tertiary/aromatic N) is 2. The van der Waals surface area contributed by atoms with Crippen molar-refractivity contribution in [3.8, 4) is 0 Å². The lowest BCUT2D eigenvalue weighted by Crippen LogP contribution is -2.25. The number of nitrogens with two attached hydrogens (primary N) is 1. The summed E-state index contributed by atoms with van der Waals surface area (Å²) in [6, 6.07) is 0.177. The zero-order valence-electron chi connectivity index (χ0n) is 11.1. The second-order valence-corrected chi connectivity index (χ2v) is 5.56. The van der Waals surface area contributed by atoms with Crippen LogP contribution in [0.15, 0.2) is 12.4 Å². The molecule has 2 rings (SSSR count). The quantitative estimate of drug-likeness (QED) is 0.852. The van der Waals surface area contributed by atoms with Crippen LogP contribution in [0.5, 0.6) is 0 Å². The Morgan fingerprint density at radius 1 is 1.61 bits per heavy atom. The zero-order chi connectivity index (χ0) is 13.1. The predicted molar refractivity (Wildman–Crippen MR) is 71.0 cm³/mol. The number of imidazole rings is 1. The lowest BCUT2D eigenvalue weighted by Gasteiger charge is -2.13. The molecule has 0 radical (unpaired) electrons. The standard InChI is InChI=1S/C13H22N4O/c1-9(2)8-17-6-5-15-13(17)16-12(18)10-3-4-11(14)7-10/h5-6,9-11H,3-4,7-8,14H2,1-2H3,(H,15,16,18). The summed E-state index contributed by atoms with van der Waals surface area (Å²) < 4.78 is 1.98. The lowest BCUT2D eigenvalue weighted by atomic mass is 10.1. The van der Waals surface area contributed by atoms with Crippen LogP contribution >= 0.6 is 0 Å². The van der Waals surface area contributed by atoms with Gasteiger partial charge in [0.05, 0.1) is 0 Å². The third kappa shape index (κ3) is 3.10. The highest BCUT2D eigenvalue weighted by molar-refractivity contribution is 5.91. The molecule has 1 heterocycles. The Kier molecular flexibility index (Phi) is 4.01. The van der Waals surface area contributed by atoms with E-state index in [4.69, 9.17) is 5.73 Å². The maximum atomic E-state index is 12.1. The average molecular weight is 250 g/mol. The summed E-state index contributed by atoms with van der Waals surface area (Å²) in [5.41, 5.74) is 5.83. The van der Waals surface area contributed by atoms with Gasteiger partial charge in [-0.05, 0) is 25.2 Å². The Bertz CT molecular complexity index is 413. The van der Waals surface area contributed by atoms with Gasteiger partial charge in [-0.25, -0.2) is 4.98 Å². The van der Waals surface area contributed by atoms with Gasteiger partial charge >= 0.3 is 0 Å². The first-order valence-electron chi connectivity index (χ1n) is 6.64. The summed E-state index contributed by atoms with van der Waals surface area (Å²) in [5.74, 6) is 1.27. The van der Waals surface area contributed by atoms with Crippen LogP contribution < -0.4 is 11.1 Å². The molecule has 0 aliphatic heterocycles. The molecule has 0 spiro atoms. The van der Waals surface area contributed by atoms with Gasteiger partial charge < -0.3 is 10.3 Å². The molecule has 2 atom stereocenters. The number of carbonyl (C=O) groups is 1.